The molecule has 0 rings (SSSR count). The zero-order valence-electron chi connectivity index (χ0n) is 17.0. The predicted molar refractivity (Wildman–Crippen MR) is 107 cm³/mol. The lowest BCUT2D eigenvalue weighted by Gasteiger charge is -2.13. The molecule has 0 radical (unpaired) electrons. The summed E-state index contributed by atoms with van der Waals surface area (Å²) in [5.41, 5.74) is 0. The van der Waals surface area contributed by atoms with Crippen LogP contribution in [-0.2, 0) is 0 Å². The number of aliphatic hydroxyl groups is 1. The van der Waals surface area contributed by atoms with Crippen LogP contribution in [0.4, 0.5) is 0 Å². The highest BCUT2D eigenvalue weighted by Crippen LogP contribution is 2.18. The second-order valence-electron chi connectivity index (χ2n) is 6.87. The Labute approximate surface area is 148 Å². The summed E-state index contributed by atoms with van der Waals surface area (Å²) in [5.74, 6) is 0.580. The second kappa shape index (κ2) is 24.2. The molecule has 0 heterocycles. The van der Waals surface area contributed by atoms with Crippen LogP contribution < -0.4 is 0 Å². The van der Waals surface area contributed by atoms with Crippen LogP contribution in [0.1, 0.15) is 130 Å². The number of unbranched alkanes of at least 4 members (excludes halogenated alkanes) is 12. The molecule has 0 saturated carbocycles. The van der Waals surface area contributed by atoms with Crippen molar-refractivity contribution in [2.45, 2.75) is 130 Å². The highest BCUT2D eigenvalue weighted by molar-refractivity contribution is 4.59. The van der Waals surface area contributed by atoms with Crippen LogP contribution in [0.5, 0.6) is 0 Å². The molecule has 23 heavy (non-hydrogen) atoms. The van der Waals surface area contributed by atoms with E-state index < -0.39 is 0 Å². The van der Waals surface area contributed by atoms with Gasteiger partial charge in [0, 0.05) is 6.61 Å². The largest absolute Gasteiger partial charge is 0.396 e. The Balaban J connectivity index is 0. The van der Waals surface area contributed by atoms with Gasteiger partial charge in [0.1, 0.15) is 0 Å². The molecule has 1 N–H and O–H groups in total. The van der Waals surface area contributed by atoms with E-state index in [9.17, 15) is 5.11 Å². The minimum Gasteiger partial charge on any atom is -0.396 e. The van der Waals surface area contributed by atoms with Gasteiger partial charge in [-0.3, -0.25) is 0 Å². The minimum atomic E-state index is 0.408. The molecule has 0 aliphatic carbocycles. The Bertz CT molecular complexity index is 179. The van der Waals surface area contributed by atoms with Gasteiger partial charge in [0.2, 0.25) is 0 Å². The van der Waals surface area contributed by atoms with Crippen LogP contribution in [0.3, 0.4) is 0 Å². The molecule has 0 aromatic heterocycles. The van der Waals surface area contributed by atoms with Crippen molar-refractivity contribution in [3.05, 3.63) is 0 Å². The van der Waals surface area contributed by atoms with Crippen molar-refractivity contribution >= 4 is 0 Å². The highest BCUT2D eigenvalue weighted by atomic mass is 16.3. The fourth-order valence-electron chi connectivity index (χ4n) is 3.11. The summed E-state index contributed by atoms with van der Waals surface area (Å²) in [7, 11) is 0. The van der Waals surface area contributed by atoms with Crippen LogP contribution in [-0.4, -0.2) is 11.7 Å². The Morgan fingerprint density at radius 2 is 0.826 bits per heavy atom. The van der Waals surface area contributed by atoms with Crippen molar-refractivity contribution in [3.8, 4) is 0 Å². The van der Waals surface area contributed by atoms with Crippen molar-refractivity contribution in [2.24, 2.45) is 5.92 Å². The van der Waals surface area contributed by atoms with Gasteiger partial charge in [-0.1, -0.05) is 118 Å². The minimum absolute atomic E-state index is 0.408. The summed E-state index contributed by atoms with van der Waals surface area (Å²) in [6.45, 7) is 8.95. The molecule has 1 nitrogen and oxygen atoms in total. The number of hydrogen-bond acceptors (Lipinski definition) is 1. The van der Waals surface area contributed by atoms with Gasteiger partial charge < -0.3 is 5.11 Å². The van der Waals surface area contributed by atoms with E-state index in [0.717, 1.165) is 0 Å². The first-order chi connectivity index (χ1) is 11.3. The van der Waals surface area contributed by atoms with Crippen LogP contribution in [0.25, 0.3) is 0 Å². The Morgan fingerprint density at radius 3 is 1.13 bits per heavy atom. The molecule has 1 heteroatoms. The van der Waals surface area contributed by atoms with E-state index in [2.05, 4.69) is 13.8 Å². The Morgan fingerprint density at radius 1 is 0.522 bits per heavy atom. The molecule has 0 aliphatic rings. The maximum Gasteiger partial charge on any atom is 0.0459 e. The van der Waals surface area contributed by atoms with Gasteiger partial charge >= 0.3 is 0 Å². The lowest BCUT2D eigenvalue weighted by Crippen LogP contribution is -2.06. The predicted octanol–water partition coefficient (Wildman–Crippen LogP) is 7.90. The standard InChI is InChI=1S/C20H42O.C2H6/c1-3-5-7-9-11-12-14-16-18-20(19-21)17-15-13-10-8-6-4-2;1-2/h20-21H,3-19H2,1-2H3;1-2H3. The molecule has 0 spiro atoms. The third-order valence-electron chi connectivity index (χ3n) is 4.69. The van der Waals surface area contributed by atoms with Crippen molar-refractivity contribution < 1.29 is 5.11 Å². The van der Waals surface area contributed by atoms with E-state index in [1.54, 1.807) is 0 Å². The van der Waals surface area contributed by atoms with Gasteiger partial charge in [0.25, 0.3) is 0 Å². The van der Waals surface area contributed by atoms with Crippen LogP contribution >= 0.6 is 0 Å². The maximum absolute atomic E-state index is 9.47. The number of rotatable bonds is 17. The molecular weight excluding hydrogens is 280 g/mol. The average Bonchev–Trinajstić information content (AvgIpc) is 2.60. The fourth-order valence-corrected chi connectivity index (χ4v) is 3.11. The van der Waals surface area contributed by atoms with Crippen LogP contribution in [0.15, 0.2) is 0 Å². The van der Waals surface area contributed by atoms with Gasteiger partial charge in [-0.25, -0.2) is 0 Å². The van der Waals surface area contributed by atoms with Gasteiger partial charge in [-0.05, 0) is 18.8 Å². The first kappa shape index (κ1) is 25.2. The summed E-state index contributed by atoms with van der Waals surface area (Å²) >= 11 is 0. The van der Waals surface area contributed by atoms with Crippen molar-refractivity contribution in [1.82, 2.24) is 0 Å². The SMILES string of the molecule is CC.CCCCCCCCCCC(CO)CCCCCCCC. The molecule has 0 aromatic rings. The third-order valence-corrected chi connectivity index (χ3v) is 4.69. The smallest absolute Gasteiger partial charge is 0.0459 e. The lowest BCUT2D eigenvalue weighted by atomic mass is 9.95. The van der Waals surface area contributed by atoms with E-state index in [0.29, 0.717) is 12.5 Å². The molecule has 0 fully saturated rings. The van der Waals surface area contributed by atoms with Gasteiger partial charge in [-0.2, -0.15) is 0 Å². The molecule has 0 aliphatic heterocycles. The normalized spacial score (nSPS) is 11.9. The van der Waals surface area contributed by atoms with E-state index in [1.165, 1.54) is 103 Å². The average molecular weight is 329 g/mol. The Kier molecular flexibility index (Phi) is 26.5. The summed E-state index contributed by atoms with van der Waals surface area (Å²) in [6, 6.07) is 0. The lowest BCUT2D eigenvalue weighted by molar-refractivity contribution is 0.204. The van der Waals surface area contributed by atoms with Gasteiger partial charge in [0.15, 0.2) is 0 Å². The number of aliphatic hydroxyl groups excluding tert-OH is 1. The van der Waals surface area contributed by atoms with Crippen molar-refractivity contribution in [3.63, 3.8) is 0 Å². The molecule has 0 amide bonds. The van der Waals surface area contributed by atoms with Gasteiger partial charge in [0.05, 0.1) is 0 Å². The van der Waals surface area contributed by atoms with E-state index >= 15 is 0 Å². The zero-order chi connectivity index (χ0) is 17.6. The first-order valence-corrected chi connectivity index (χ1v) is 11.0. The van der Waals surface area contributed by atoms with Crippen molar-refractivity contribution in [1.29, 1.82) is 0 Å². The highest BCUT2D eigenvalue weighted by Gasteiger charge is 2.06. The van der Waals surface area contributed by atoms with Crippen LogP contribution in [0.2, 0.25) is 0 Å². The molecule has 1 unspecified atom stereocenters. The Hall–Kier alpha value is -0.0400. The molecule has 1 atom stereocenters. The van der Waals surface area contributed by atoms with E-state index in [4.69, 9.17) is 0 Å². The van der Waals surface area contributed by atoms with Gasteiger partial charge in [-0.15, -0.1) is 0 Å². The maximum atomic E-state index is 9.47. The summed E-state index contributed by atoms with van der Waals surface area (Å²) in [4.78, 5) is 0. The summed E-state index contributed by atoms with van der Waals surface area (Å²) in [5, 5.41) is 9.47. The zero-order valence-corrected chi connectivity index (χ0v) is 17.0. The van der Waals surface area contributed by atoms with E-state index in [1.807, 2.05) is 13.8 Å². The monoisotopic (exact) mass is 328 g/mol. The topological polar surface area (TPSA) is 20.2 Å². The summed E-state index contributed by atoms with van der Waals surface area (Å²) < 4.78 is 0. The molecular formula is C22H48O. The summed E-state index contributed by atoms with van der Waals surface area (Å²) in [6.07, 6.45) is 21.8. The molecule has 0 bridgehead atoms. The molecule has 142 valence electrons. The molecule has 0 aromatic carbocycles. The molecule has 0 saturated heterocycles. The first-order valence-electron chi connectivity index (χ1n) is 11.0. The quantitative estimate of drug-likeness (QED) is 0.269. The van der Waals surface area contributed by atoms with Crippen molar-refractivity contribution in [2.75, 3.05) is 6.61 Å². The fraction of sp³-hybridized carbons (Fsp3) is 1.00. The van der Waals surface area contributed by atoms with E-state index in [-0.39, 0.29) is 0 Å². The number of hydrogen-bond donors (Lipinski definition) is 1. The second-order valence-corrected chi connectivity index (χ2v) is 6.87. The van der Waals surface area contributed by atoms with Crippen LogP contribution in [0, 0.1) is 5.92 Å². The third kappa shape index (κ3) is 22.0.